The molecule has 0 aliphatic rings. The predicted octanol–water partition coefficient (Wildman–Crippen LogP) is 6.84. The minimum atomic E-state index is 1.05. The number of fused-ring (bicyclic) bond motifs is 2. The number of hydrogen-bond acceptors (Lipinski definition) is 0. The van der Waals surface area contributed by atoms with Crippen LogP contribution in [0.5, 0.6) is 0 Å². The van der Waals surface area contributed by atoms with Crippen molar-refractivity contribution < 1.29 is 0 Å². The van der Waals surface area contributed by atoms with E-state index in [1.807, 2.05) is 0 Å². The number of rotatable bonds is 2. The van der Waals surface area contributed by atoms with Gasteiger partial charge in [-0.1, -0.05) is 61.5 Å². The first-order chi connectivity index (χ1) is 11.7. The predicted molar refractivity (Wildman–Crippen MR) is 106 cm³/mol. The first-order valence-corrected chi connectivity index (χ1v) is 8.70. The highest BCUT2D eigenvalue weighted by Crippen LogP contribution is 2.38. The molecule has 4 aromatic carbocycles. The fourth-order valence-electron chi connectivity index (χ4n) is 3.89. The Morgan fingerprint density at radius 3 is 2.04 bits per heavy atom. The summed E-state index contributed by atoms with van der Waals surface area (Å²) in [7, 11) is 0. The molecule has 0 aliphatic heterocycles. The summed E-state index contributed by atoms with van der Waals surface area (Å²) in [5, 5.41) is 5.32. The minimum absolute atomic E-state index is 1.05. The van der Waals surface area contributed by atoms with Crippen molar-refractivity contribution in [1.29, 1.82) is 0 Å². The first kappa shape index (κ1) is 15.0. The molecular weight excluding hydrogens is 288 g/mol. The lowest BCUT2D eigenvalue weighted by Gasteiger charge is -2.18. The summed E-state index contributed by atoms with van der Waals surface area (Å²) in [4.78, 5) is 0. The standard InChI is InChI=1S/C24H22/c1-4-21-17(3)13-20-14-18-10-6-7-11-19(18)15-23(20)24(21)22-12-8-5-9-16(22)2/h5-15H,4H2,1-3H3. The van der Waals surface area contributed by atoms with Crippen LogP contribution >= 0.6 is 0 Å². The van der Waals surface area contributed by atoms with E-state index >= 15 is 0 Å². The van der Waals surface area contributed by atoms with Crippen LogP contribution in [0, 0.1) is 13.8 Å². The van der Waals surface area contributed by atoms with E-state index < -0.39 is 0 Å². The lowest BCUT2D eigenvalue weighted by Crippen LogP contribution is -1.96. The largest absolute Gasteiger partial charge is 0.0620 e. The molecule has 4 rings (SSSR count). The van der Waals surface area contributed by atoms with Crippen LogP contribution in [0.25, 0.3) is 32.7 Å². The molecule has 0 fully saturated rings. The number of benzene rings is 4. The van der Waals surface area contributed by atoms with Gasteiger partial charge in [0.15, 0.2) is 0 Å². The maximum absolute atomic E-state index is 2.37. The minimum Gasteiger partial charge on any atom is -0.0620 e. The van der Waals surface area contributed by atoms with Crippen LogP contribution in [-0.4, -0.2) is 0 Å². The summed E-state index contributed by atoms with van der Waals surface area (Å²) in [5.74, 6) is 0. The van der Waals surface area contributed by atoms with Crippen molar-refractivity contribution in [1.82, 2.24) is 0 Å². The van der Waals surface area contributed by atoms with Crippen molar-refractivity contribution in [3.63, 3.8) is 0 Å². The molecule has 4 aromatic rings. The molecule has 0 spiro atoms. The Morgan fingerprint density at radius 2 is 1.33 bits per heavy atom. The first-order valence-electron chi connectivity index (χ1n) is 8.70. The third kappa shape index (κ3) is 2.30. The Hall–Kier alpha value is -2.60. The van der Waals surface area contributed by atoms with Gasteiger partial charge in [-0.2, -0.15) is 0 Å². The Bertz CT molecular complexity index is 1050. The van der Waals surface area contributed by atoms with Gasteiger partial charge in [0.1, 0.15) is 0 Å². The van der Waals surface area contributed by atoms with Crippen LogP contribution in [0.3, 0.4) is 0 Å². The van der Waals surface area contributed by atoms with E-state index in [0.717, 1.165) is 6.42 Å². The second-order valence-electron chi connectivity index (χ2n) is 6.64. The monoisotopic (exact) mass is 310 g/mol. The Balaban J connectivity index is 2.19. The molecule has 118 valence electrons. The third-order valence-electron chi connectivity index (χ3n) is 5.10. The highest BCUT2D eigenvalue weighted by atomic mass is 14.2. The van der Waals surface area contributed by atoms with E-state index in [1.54, 1.807) is 0 Å². The van der Waals surface area contributed by atoms with Gasteiger partial charge in [0, 0.05) is 0 Å². The van der Waals surface area contributed by atoms with Crippen molar-refractivity contribution in [2.24, 2.45) is 0 Å². The van der Waals surface area contributed by atoms with Crippen molar-refractivity contribution >= 4 is 21.5 Å². The van der Waals surface area contributed by atoms with E-state index in [1.165, 1.54) is 49.4 Å². The lowest BCUT2D eigenvalue weighted by molar-refractivity contribution is 1.12. The van der Waals surface area contributed by atoms with E-state index in [2.05, 4.69) is 87.5 Å². The second-order valence-corrected chi connectivity index (χ2v) is 6.64. The van der Waals surface area contributed by atoms with Crippen LogP contribution in [-0.2, 0) is 6.42 Å². The SMILES string of the molecule is CCc1c(C)cc2cc3ccccc3cc2c1-c1ccccc1C. The topological polar surface area (TPSA) is 0 Å². The van der Waals surface area contributed by atoms with Gasteiger partial charge < -0.3 is 0 Å². The maximum Gasteiger partial charge on any atom is -0.00679 e. The zero-order valence-electron chi connectivity index (χ0n) is 14.6. The fraction of sp³-hybridized carbons (Fsp3) is 0.167. The van der Waals surface area contributed by atoms with Gasteiger partial charge in [-0.05, 0) is 81.8 Å². The molecule has 0 amide bonds. The molecule has 0 unspecified atom stereocenters. The second kappa shape index (κ2) is 5.79. The van der Waals surface area contributed by atoms with Gasteiger partial charge in [0.05, 0.1) is 0 Å². The van der Waals surface area contributed by atoms with E-state index in [-0.39, 0.29) is 0 Å². The summed E-state index contributed by atoms with van der Waals surface area (Å²) in [6.45, 7) is 6.72. The molecule has 0 radical (unpaired) electrons. The molecule has 24 heavy (non-hydrogen) atoms. The zero-order chi connectivity index (χ0) is 16.7. The average Bonchev–Trinajstić information content (AvgIpc) is 2.59. The molecule has 0 saturated heterocycles. The summed E-state index contributed by atoms with van der Waals surface area (Å²) in [6, 6.07) is 24.4. The van der Waals surface area contributed by atoms with Crippen molar-refractivity contribution in [2.75, 3.05) is 0 Å². The summed E-state index contributed by atoms with van der Waals surface area (Å²) < 4.78 is 0. The van der Waals surface area contributed by atoms with Gasteiger partial charge in [-0.3, -0.25) is 0 Å². The molecule has 0 nitrogen and oxygen atoms in total. The molecule has 0 saturated carbocycles. The van der Waals surface area contributed by atoms with E-state index in [9.17, 15) is 0 Å². The summed E-state index contributed by atoms with van der Waals surface area (Å²) >= 11 is 0. The quantitative estimate of drug-likeness (QED) is 0.356. The highest BCUT2D eigenvalue weighted by molar-refractivity contribution is 6.06. The van der Waals surface area contributed by atoms with Crippen molar-refractivity contribution in [2.45, 2.75) is 27.2 Å². The van der Waals surface area contributed by atoms with E-state index in [4.69, 9.17) is 0 Å². The summed E-state index contributed by atoms with van der Waals surface area (Å²) in [6.07, 6.45) is 1.05. The fourth-order valence-corrected chi connectivity index (χ4v) is 3.89. The molecule has 0 heterocycles. The van der Waals surface area contributed by atoms with Gasteiger partial charge in [0.2, 0.25) is 0 Å². The molecule has 0 heteroatoms. The van der Waals surface area contributed by atoms with Crippen LogP contribution < -0.4 is 0 Å². The highest BCUT2D eigenvalue weighted by Gasteiger charge is 2.14. The van der Waals surface area contributed by atoms with Crippen LogP contribution in [0.2, 0.25) is 0 Å². The molecule has 0 aromatic heterocycles. The molecule has 0 N–H and O–H groups in total. The van der Waals surface area contributed by atoms with Crippen LogP contribution in [0.15, 0.2) is 66.7 Å². The van der Waals surface area contributed by atoms with Crippen molar-refractivity contribution in [3.05, 3.63) is 83.4 Å². The van der Waals surface area contributed by atoms with Gasteiger partial charge in [0.25, 0.3) is 0 Å². The maximum atomic E-state index is 2.37. The van der Waals surface area contributed by atoms with Gasteiger partial charge in [-0.25, -0.2) is 0 Å². The smallest absolute Gasteiger partial charge is 0.00679 e. The molecule has 0 atom stereocenters. The Morgan fingerprint density at radius 1 is 0.667 bits per heavy atom. The third-order valence-corrected chi connectivity index (χ3v) is 5.10. The molecule has 0 bridgehead atoms. The molecular formula is C24H22. The van der Waals surface area contributed by atoms with Crippen LogP contribution in [0.1, 0.15) is 23.6 Å². The number of hydrogen-bond donors (Lipinski definition) is 0. The summed E-state index contributed by atoms with van der Waals surface area (Å²) in [5.41, 5.74) is 6.97. The van der Waals surface area contributed by atoms with Gasteiger partial charge in [-0.15, -0.1) is 0 Å². The normalized spacial score (nSPS) is 11.3. The van der Waals surface area contributed by atoms with E-state index in [0.29, 0.717) is 0 Å². The zero-order valence-corrected chi connectivity index (χ0v) is 14.6. The lowest BCUT2D eigenvalue weighted by atomic mass is 9.86. The number of aryl methyl sites for hydroxylation is 2. The Labute approximate surface area is 143 Å². The molecule has 0 aliphatic carbocycles. The van der Waals surface area contributed by atoms with Crippen LogP contribution in [0.4, 0.5) is 0 Å². The van der Waals surface area contributed by atoms with Crippen molar-refractivity contribution in [3.8, 4) is 11.1 Å². The Kier molecular flexibility index (Phi) is 3.61. The van der Waals surface area contributed by atoms with Gasteiger partial charge >= 0.3 is 0 Å². The average molecular weight is 310 g/mol.